The first-order valence-corrected chi connectivity index (χ1v) is 17.1. The van der Waals surface area contributed by atoms with Gasteiger partial charge in [-0.2, -0.15) is 0 Å². The van der Waals surface area contributed by atoms with E-state index in [0.717, 1.165) is 4.90 Å². The Morgan fingerprint density at radius 3 is 1.73 bits per heavy atom. The topological polar surface area (TPSA) is 118 Å². The van der Waals surface area contributed by atoms with E-state index in [1.165, 1.54) is 0 Å². The summed E-state index contributed by atoms with van der Waals surface area (Å²) in [4.78, 5) is 29.2. The van der Waals surface area contributed by atoms with E-state index in [1.54, 1.807) is 103 Å². The van der Waals surface area contributed by atoms with Crippen LogP contribution in [-0.2, 0) is 42.2 Å². The molecule has 1 atom stereocenters. The highest BCUT2D eigenvalue weighted by molar-refractivity contribution is 7.72. The van der Waals surface area contributed by atoms with E-state index in [1.807, 2.05) is 0 Å². The summed E-state index contributed by atoms with van der Waals surface area (Å²) in [6.07, 6.45) is -1.22. The molecule has 0 saturated heterocycles. The largest absolute Gasteiger partial charge is 0.443 e. The Kier molecular flexibility index (Phi) is 10.8. The zero-order valence-corrected chi connectivity index (χ0v) is 26.6. The quantitative estimate of drug-likeness (QED) is 0.213. The van der Waals surface area contributed by atoms with Crippen LogP contribution in [0.2, 0.25) is 0 Å². The molecule has 0 fully saturated rings. The van der Waals surface area contributed by atoms with Crippen molar-refractivity contribution in [1.82, 2.24) is 0 Å². The lowest BCUT2D eigenvalue weighted by Gasteiger charge is -2.37. The number of nitrogens with zero attached hydrogens (tertiary/aromatic N) is 1. The van der Waals surface area contributed by atoms with Crippen molar-refractivity contribution in [3.63, 3.8) is 0 Å². The third-order valence-electron chi connectivity index (χ3n) is 6.47. The van der Waals surface area contributed by atoms with E-state index in [2.05, 4.69) is 0 Å². The number of carbonyl (C=O) groups excluding carboxylic acids is 2. The van der Waals surface area contributed by atoms with E-state index in [4.69, 9.17) is 22.8 Å². The van der Waals surface area contributed by atoms with Gasteiger partial charge < -0.3 is 22.8 Å². The summed E-state index contributed by atoms with van der Waals surface area (Å²) in [7, 11) is -8.48. The zero-order chi connectivity index (χ0) is 30.5. The number of ether oxygens (including phenoxy) is 1. The minimum absolute atomic E-state index is 0.0149. The van der Waals surface area contributed by atoms with E-state index >= 15 is 0 Å². The van der Waals surface area contributed by atoms with Gasteiger partial charge in [-0.15, -0.1) is 0 Å². The molecular weight excluding hydrogens is 568 g/mol. The molecule has 1 heterocycles. The van der Waals surface area contributed by atoms with Gasteiger partial charge in [-0.25, -0.2) is 9.69 Å². The van der Waals surface area contributed by atoms with E-state index in [9.17, 15) is 18.7 Å². The minimum Gasteiger partial charge on any atom is -0.443 e. The Hall–Kier alpha value is -2.32. The van der Waals surface area contributed by atoms with Gasteiger partial charge in [0.2, 0.25) is 0 Å². The van der Waals surface area contributed by atoms with Crippen LogP contribution in [0.1, 0.15) is 66.0 Å². The van der Waals surface area contributed by atoms with E-state index in [0.29, 0.717) is 16.8 Å². The molecule has 2 amide bonds. The van der Waals surface area contributed by atoms with E-state index in [-0.39, 0.29) is 32.8 Å². The van der Waals surface area contributed by atoms with Gasteiger partial charge in [-0.1, -0.05) is 48.5 Å². The predicted molar refractivity (Wildman–Crippen MR) is 158 cm³/mol. The van der Waals surface area contributed by atoms with Crippen LogP contribution in [0, 0.1) is 0 Å². The predicted octanol–water partition coefficient (Wildman–Crippen LogP) is 7.50. The van der Waals surface area contributed by atoms with Gasteiger partial charge in [0.25, 0.3) is 5.91 Å². The molecule has 1 aliphatic heterocycles. The molecule has 0 spiro atoms. The second-order valence-corrected chi connectivity index (χ2v) is 15.2. The van der Waals surface area contributed by atoms with Crippen LogP contribution >= 0.6 is 15.2 Å². The molecule has 0 aromatic heterocycles. The highest BCUT2D eigenvalue weighted by atomic mass is 31.2. The first kappa shape index (κ1) is 33.2. The number of hydrogen-bond acceptors (Lipinski definition) is 9. The van der Waals surface area contributed by atoms with Gasteiger partial charge in [0.1, 0.15) is 11.0 Å². The summed E-state index contributed by atoms with van der Waals surface area (Å²) >= 11 is 0. The van der Waals surface area contributed by atoms with E-state index < -0.39 is 43.6 Å². The number of para-hydroxylation sites is 1. The normalized spacial score (nSPS) is 17.7. The fourth-order valence-corrected chi connectivity index (χ4v) is 10.5. The van der Waals surface area contributed by atoms with Crippen LogP contribution in [0.4, 0.5) is 10.5 Å². The van der Waals surface area contributed by atoms with Gasteiger partial charge in [0.05, 0.1) is 32.1 Å². The maximum Gasteiger partial charge on any atom is 0.421 e. The molecule has 0 bridgehead atoms. The standard InChI is InChI=1S/C29H41NO9P2/c1-8-35-40(33,36-9-2)25(41(34,37-10-3)38-11-4)21-29(22-17-13-12-14-18-22)23-19-15-16-20-24(23)30(26(29)31)27(32)39-28(5,6)7/h12-20,25H,8-11,21H2,1-7H3/t29-/m0/s1. The second kappa shape index (κ2) is 13.3. The monoisotopic (exact) mass is 609 g/mol. The molecule has 41 heavy (non-hydrogen) atoms. The maximum atomic E-state index is 14.7. The molecule has 226 valence electrons. The number of hydrogen-bond donors (Lipinski definition) is 0. The average molecular weight is 610 g/mol. The van der Waals surface area contributed by atoms with Crippen molar-refractivity contribution in [2.45, 2.75) is 71.3 Å². The maximum absolute atomic E-state index is 14.7. The highest BCUT2D eigenvalue weighted by Gasteiger charge is 2.62. The van der Waals surface area contributed by atoms with Crippen LogP contribution in [0.25, 0.3) is 0 Å². The fourth-order valence-electron chi connectivity index (χ4n) is 5.06. The van der Waals surface area contributed by atoms with Gasteiger partial charge in [-0.3, -0.25) is 13.9 Å². The number of fused-ring (bicyclic) bond motifs is 1. The lowest BCUT2D eigenvalue weighted by Crippen LogP contribution is -2.47. The second-order valence-electron chi connectivity index (χ2n) is 10.3. The molecule has 3 rings (SSSR count). The minimum atomic E-state index is -4.24. The molecule has 12 heteroatoms. The SMILES string of the molecule is CCOP(=O)(OCC)C(C[C@@]1(c2ccccc2)C(=O)N(C(=O)OC(C)(C)C)c2ccccc21)P(=O)(OCC)OCC. The highest BCUT2D eigenvalue weighted by Crippen LogP contribution is 2.73. The summed E-state index contributed by atoms with van der Waals surface area (Å²) in [5, 5.41) is -1.51. The lowest BCUT2D eigenvalue weighted by molar-refractivity contribution is -0.121. The van der Waals surface area contributed by atoms with Crippen LogP contribution in [0.3, 0.4) is 0 Å². The third-order valence-corrected chi connectivity index (χ3v) is 12.5. The summed E-state index contributed by atoms with van der Waals surface area (Å²) in [6.45, 7) is 11.6. The Morgan fingerprint density at radius 1 is 0.805 bits per heavy atom. The molecule has 1 aliphatic rings. The number of amides is 2. The molecule has 0 aliphatic carbocycles. The number of carbonyl (C=O) groups is 2. The van der Waals surface area contributed by atoms with Gasteiger partial charge in [-0.05, 0) is 72.1 Å². The first-order chi connectivity index (χ1) is 19.3. The zero-order valence-electron chi connectivity index (χ0n) is 24.8. The van der Waals surface area contributed by atoms with Gasteiger partial charge in [0, 0.05) is 0 Å². The van der Waals surface area contributed by atoms with Crippen LogP contribution < -0.4 is 4.90 Å². The van der Waals surface area contributed by atoms with Gasteiger partial charge in [0.15, 0.2) is 5.40 Å². The Balaban J connectivity index is 2.38. The summed E-state index contributed by atoms with van der Waals surface area (Å²) < 4.78 is 57.5. The van der Waals surface area contributed by atoms with Crippen molar-refractivity contribution in [3.8, 4) is 0 Å². The fraction of sp³-hybridized carbons (Fsp3) is 0.517. The Morgan fingerprint density at radius 2 is 1.27 bits per heavy atom. The van der Waals surface area contributed by atoms with Crippen LogP contribution in [0.15, 0.2) is 54.6 Å². The van der Waals surface area contributed by atoms with Gasteiger partial charge >= 0.3 is 21.3 Å². The summed E-state index contributed by atoms with van der Waals surface area (Å²) in [5.41, 5.74) is -1.28. The molecular formula is C29H41NO9P2. The molecule has 0 radical (unpaired) electrons. The molecule has 2 aromatic carbocycles. The molecule has 2 aromatic rings. The number of imide groups is 1. The van der Waals surface area contributed by atoms with Crippen molar-refractivity contribution < 1.29 is 41.6 Å². The molecule has 0 unspecified atom stereocenters. The Bertz CT molecular complexity index is 1260. The third kappa shape index (κ3) is 6.69. The van der Waals surface area contributed by atoms with Crippen molar-refractivity contribution in [1.29, 1.82) is 0 Å². The summed E-state index contributed by atoms with van der Waals surface area (Å²) in [6, 6.07) is 15.6. The lowest BCUT2D eigenvalue weighted by atomic mass is 9.73. The average Bonchev–Trinajstić information content (AvgIpc) is 3.15. The van der Waals surface area contributed by atoms with Crippen molar-refractivity contribution >= 4 is 32.9 Å². The number of rotatable bonds is 13. The number of anilines is 1. The summed E-state index contributed by atoms with van der Waals surface area (Å²) in [5.74, 6) is -0.650. The van der Waals surface area contributed by atoms with Crippen LogP contribution in [-0.4, -0.2) is 49.4 Å². The van der Waals surface area contributed by atoms with Crippen molar-refractivity contribution in [3.05, 3.63) is 65.7 Å². The molecule has 10 nitrogen and oxygen atoms in total. The first-order valence-electron chi connectivity index (χ1n) is 13.8. The molecule has 0 N–H and O–H groups in total. The smallest absolute Gasteiger partial charge is 0.421 e. The number of benzene rings is 2. The van der Waals surface area contributed by atoms with Crippen LogP contribution in [0.5, 0.6) is 0 Å². The van der Waals surface area contributed by atoms with Crippen molar-refractivity contribution in [2.75, 3.05) is 31.3 Å². The molecule has 0 saturated carbocycles. The Labute approximate surface area is 242 Å². The van der Waals surface area contributed by atoms with Crippen molar-refractivity contribution in [2.24, 2.45) is 0 Å².